The van der Waals surface area contributed by atoms with Gasteiger partial charge < -0.3 is 4.90 Å². The fourth-order valence-corrected chi connectivity index (χ4v) is 1.99. The molecule has 0 bridgehead atoms. The van der Waals surface area contributed by atoms with Gasteiger partial charge in [0, 0.05) is 5.69 Å². The molecule has 6 heteroatoms. The highest BCUT2D eigenvalue weighted by atomic mass is 35.5. The third-order valence-corrected chi connectivity index (χ3v) is 2.81. The summed E-state index contributed by atoms with van der Waals surface area (Å²) in [6, 6.07) is 2.55. The first-order valence-corrected chi connectivity index (χ1v) is 5.21. The van der Waals surface area contributed by atoms with Crippen LogP contribution in [0.4, 0.5) is 10.1 Å². The number of anilines is 1. The van der Waals surface area contributed by atoms with Gasteiger partial charge in [-0.25, -0.2) is 4.39 Å². The summed E-state index contributed by atoms with van der Waals surface area (Å²) < 4.78 is 13.1. The van der Waals surface area contributed by atoms with Crippen molar-refractivity contribution < 1.29 is 14.0 Å². The monoisotopic (exact) mass is 261 g/mol. The molecule has 84 valence electrons. The maximum Gasteiger partial charge on any atom is 0.234 e. The number of rotatable bonds is 1. The van der Waals surface area contributed by atoms with Crippen molar-refractivity contribution >= 4 is 40.6 Å². The molecule has 0 saturated carbocycles. The van der Waals surface area contributed by atoms with Gasteiger partial charge in [-0.2, -0.15) is 0 Å². The Morgan fingerprint density at radius 1 is 1.19 bits per heavy atom. The van der Waals surface area contributed by atoms with Crippen molar-refractivity contribution in [1.29, 1.82) is 0 Å². The minimum atomic E-state index is -0.731. The molecule has 2 rings (SSSR count). The van der Waals surface area contributed by atoms with Crippen molar-refractivity contribution in [3.05, 3.63) is 28.0 Å². The van der Waals surface area contributed by atoms with E-state index in [-0.39, 0.29) is 34.7 Å². The molecule has 16 heavy (non-hydrogen) atoms. The van der Waals surface area contributed by atoms with Crippen LogP contribution >= 0.6 is 23.2 Å². The number of hydrogen-bond donors (Lipinski definition) is 0. The Hall–Kier alpha value is -1.13. The number of halogens is 3. The molecule has 1 aliphatic heterocycles. The molecule has 0 spiro atoms. The Kier molecular flexibility index (Phi) is 2.86. The van der Waals surface area contributed by atoms with Crippen LogP contribution < -0.4 is 4.90 Å². The van der Waals surface area contributed by atoms with Gasteiger partial charge in [0.25, 0.3) is 0 Å². The quantitative estimate of drug-likeness (QED) is 0.575. The molecule has 0 unspecified atom stereocenters. The average Bonchev–Trinajstić information content (AvgIpc) is 2.53. The molecule has 0 radical (unpaired) electrons. The van der Waals surface area contributed by atoms with E-state index in [0.717, 1.165) is 0 Å². The van der Waals surface area contributed by atoms with Gasteiger partial charge in [0.05, 0.1) is 23.0 Å². The topological polar surface area (TPSA) is 37.4 Å². The van der Waals surface area contributed by atoms with Crippen LogP contribution in [0.2, 0.25) is 10.0 Å². The first-order chi connectivity index (χ1) is 7.49. The maximum absolute atomic E-state index is 13.1. The van der Waals surface area contributed by atoms with Gasteiger partial charge in [-0.15, -0.1) is 0 Å². The number of Topliss-reactive ketones (excluding diaryl/α,β-unsaturated/α-hetero) is 1. The van der Waals surface area contributed by atoms with Crippen molar-refractivity contribution in [3.8, 4) is 0 Å². The molecular formula is C10H6Cl2FNO2. The van der Waals surface area contributed by atoms with Crippen LogP contribution in [0.25, 0.3) is 0 Å². The summed E-state index contributed by atoms with van der Waals surface area (Å²) in [5.41, 5.74) is 0.340. The summed E-state index contributed by atoms with van der Waals surface area (Å²) in [6.07, 6.45) is -0.132. The number of hydrogen-bond acceptors (Lipinski definition) is 2. The highest BCUT2D eigenvalue weighted by Gasteiger charge is 2.29. The smallest absolute Gasteiger partial charge is 0.234 e. The average molecular weight is 262 g/mol. The van der Waals surface area contributed by atoms with Crippen LogP contribution in [0.1, 0.15) is 6.42 Å². The predicted molar refractivity (Wildman–Crippen MR) is 58.4 cm³/mol. The molecule has 0 aliphatic carbocycles. The molecule has 1 aromatic rings. The van der Waals surface area contributed by atoms with E-state index in [2.05, 4.69) is 0 Å². The van der Waals surface area contributed by atoms with Crippen LogP contribution in [0.3, 0.4) is 0 Å². The van der Waals surface area contributed by atoms with Crippen molar-refractivity contribution in [2.24, 2.45) is 0 Å². The van der Waals surface area contributed by atoms with Crippen LogP contribution in [-0.4, -0.2) is 18.2 Å². The van der Waals surface area contributed by atoms with Gasteiger partial charge in [-0.05, 0) is 12.1 Å². The summed E-state index contributed by atoms with van der Waals surface area (Å²) in [5, 5.41) is -0.343. The van der Waals surface area contributed by atoms with E-state index in [0.29, 0.717) is 5.69 Å². The van der Waals surface area contributed by atoms with Gasteiger partial charge in [0.2, 0.25) is 5.91 Å². The highest BCUT2D eigenvalue weighted by Crippen LogP contribution is 2.30. The minimum Gasteiger partial charge on any atom is -0.304 e. The number of nitrogens with zero attached hydrogens (tertiary/aromatic N) is 1. The van der Waals surface area contributed by atoms with Crippen LogP contribution in [-0.2, 0) is 9.59 Å². The van der Waals surface area contributed by atoms with Gasteiger partial charge >= 0.3 is 0 Å². The summed E-state index contributed by atoms with van der Waals surface area (Å²) in [4.78, 5) is 23.7. The Labute approximate surface area is 101 Å². The molecule has 1 fully saturated rings. The number of benzene rings is 1. The van der Waals surface area contributed by atoms with Crippen LogP contribution in [0.15, 0.2) is 12.1 Å². The molecule has 1 heterocycles. The van der Waals surface area contributed by atoms with E-state index in [1.165, 1.54) is 17.0 Å². The molecule has 0 atom stereocenters. The minimum absolute atomic E-state index is 0.0167. The standard InChI is InChI=1S/C10H6Cl2FNO2/c11-7-1-5(2-8(12)10(7)13)14-4-6(15)3-9(14)16/h1-2H,3-4H2. The van der Waals surface area contributed by atoms with Crippen molar-refractivity contribution in [2.45, 2.75) is 6.42 Å². The summed E-state index contributed by atoms with van der Waals surface area (Å²) in [6.45, 7) is -0.0167. The second kappa shape index (κ2) is 4.03. The van der Waals surface area contributed by atoms with E-state index < -0.39 is 5.82 Å². The third-order valence-electron chi connectivity index (χ3n) is 2.26. The first kappa shape index (κ1) is 11.4. The van der Waals surface area contributed by atoms with Crippen molar-refractivity contribution in [1.82, 2.24) is 0 Å². The molecule has 1 aliphatic rings. The zero-order valence-corrected chi connectivity index (χ0v) is 9.48. The Morgan fingerprint density at radius 2 is 1.75 bits per heavy atom. The maximum atomic E-state index is 13.1. The van der Waals surface area contributed by atoms with E-state index in [9.17, 15) is 14.0 Å². The summed E-state index contributed by atoms with van der Waals surface area (Å²) >= 11 is 11.2. The van der Waals surface area contributed by atoms with E-state index in [1.54, 1.807) is 0 Å². The molecular weight excluding hydrogens is 256 g/mol. The lowest BCUT2D eigenvalue weighted by Crippen LogP contribution is -2.24. The highest BCUT2D eigenvalue weighted by molar-refractivity contribution is 6.35. The molecule has 3 nitrogen and oxygen atoms in total. The molecule has 1 saturated heterocycles. The van der Waals surface area contributed by atoms with Gasteiger partial charge in [-0.1, -0.05) is 23.2 Å². The lowest BCUT2D eigenvalue weighted by atomic mass is 10.3. The second-order valence-corrected chi connectivity index (χ2v) is 4.23. The van der Waals surface area contributed by atoms with Crippen LogP contribution in [0.5, 0.6) is 0 Å². The van der Waals surface area contributed by atoms with Gasteiger partial charge in [0.15, 0.2) is 11.6 Å². The molecule has 1 aromatic carbocycles. The van der Waals surface area contributed by atoms with E-state index in [1.807, 2.05) is 0 Å². The first-order valence-electron chi connectivity index (χ1n) is 4.45. The third kappa shape index (κ3) is 1.90. The van der Waals surface area contributed by atoms with E-state index >= 15 is 0 Å². The number of carbonyl (C=O) groups excluding carboxylic acids is 2. The van der Waals surface area contributed by atoms with E-state index in [4.69, 9.17) is 23.2 Å². The lowest BCUT2D eigenvalue weighted by molar-refractivity contribution is -0.121. The fraction of sp³-hybridized carbons (Fsp3) is 0.200. The summed E-state index contributed by atoms with van der Waals surface area (Å²) in [7, 11) is 0. The fourth-order valence-electron chi connectivity index (χ4n) is 1.52. The summed E-state index contributed by atoms with van der Waals surface area (Å²) in [5.74, 6) is -1.24. The van der Waals surface area contributed by atoms with Crippen LogP contribution in [0, 0.1) is 5.82 Å². The predicted octanol–water partition coefficient (Wildman–Crippen LogP) is 2.44. The number of amides is 1. The number of ketones is 1. The Balaban J connectivity index is 2.42. The SMILES string of the molecule is O=C1CC(=O)N(c2cc(Cl)c(F)c(Cl)c2)C1. The molecule has 0 aromatic heterocycles. The van der Waals surface area contributed by atoms with Crippen molar-refractivity contribution in [3.63, 3.8) is 0 Å². The molecule has 1 amide bonds. The lowest BCUT2D eigenvalue weighted by Gasteiger charge is -2.15. The normalized spacial score (nSPS) is 16.1. The second-order valence-electron chi connectivity index (χ2n) is 3.42. The largest absolute Gasteiger partial charge is 0.304 e. The number of carbonyl (C=O) groups is 2. The Morgan fingerprint density at radius 3 is 2.19 bits per heavy atom. The Bertz CT molecular complexity index is 467. The van der Waals surface area contributed by atoms with Crippen molar-refractivity contribution in [2.75, 3.05) is 11.4 Å². The van der Waals surface area contributed by atoms with Gasteiger partial charge in [-0.3, -0.25) is 9.59 Å². The van der Waals surface area contributed by atoms with Gasteiger partial charge in [0.1, 0.15) is 0 Å². The zero-order valence-electron chi connectivity index (χ0n) is 7.97. The molecule has 0 N–H and O–H groups in total. The zero-order chi connectivity index (χ0) is 11.9.